The molecule has 202 valence electrons. The molecular formula is C30H33N5O2S2. The number of unbranched alkanes of at least 4 members (excludes halogenated alkanes) is 1. The van der Waals surface area contributed by atoms with Gasteiger partial charge in [0.15, 0.2) is 11.0 Å². The Bertz CT molecular complexity index is 1390. The first-order valence-corrected chi connectivity index (χ1v) is 15.2. The van der Waals surface area contributed by atoms with E-state index in [9.17, 15) is 9.59 Å². The van der Waals surface area contributed by atoms with Crippen LogP contribution >= 0.6 is 23.1 Å². The Balaban J connectivity index is 1.13. The molecule has 0 saturated carbocycles. The Hall–Kier alpha value is -3.43. The van der Waals surface area contributed by atoms with Crippen LogP contribution in [-0.2, 0) is 4.79 Å². The number of aryl methyl sites for hydroxylation is 1. The van der Waals surface area contributed by atoms with Crippen molar-refractivity contribution in [2.24, 2.45) is 0 Å². The van der Waals surface area contributed by atoms with Crippen molar-refractivity contribution in [1.82, 2.24) is 24.6 Å². The van der Waals surface area contributed by atoms with Crippen LogP contribution in [0.1, 0.15) is 41.4 Å². The molecule has 3 heterocycles. The van der Waals surface area contributed by atoms with E-state index in [4.69, 9.17) is 0 Å². The molecule has 2 aromatic heterocycles. The molecule has 1 unspecified atom stereocenters. The Morgan fingerprint density at radius 2 is 1.77 bits per heavy atom. The van der Waals surface area contributed by atoms with Crippen LogP contribution in [0.5, 0.6) is 0 Å². The molecule has 2 amide bonds. The Morgan fingerprint density at radius 1 is 0.974 bits per heavy atom. The van der Waals surface area contributed by atoms with Gasteiger partial charge in [0.05, 0.1) is 4.88 Å². The van der Waals surface area contributed by atoms with Crippen LogP contribution in [0.15, 0.2) is 77.3 Å². The number of carbonyl (C=O) groups is 2. The molecular weight excluding hydrogens is 526 g/mol. The molecule has 1 saturated heterocycles. The molecule has 1 aliphatic rings. The third kappa shape index (κ3) is 6.42. The lowest BCUT2D eigenvalue weighted by atomic mass is 10.1. The summed E-state index contributed by atoms with van der Waals surface area (Å²) in [6.07, 6.45) is 2.25. The van der Waals surface area contributed by atoms with Crippen molar-refractivity contribution in [3.8, 4) is 17.1 Å². The lowest BCUT2D eigenvalue weighted by Gasteiger charge is -2.39. The van der Waals surface area contributed by atoms with Crippen molar-refractivity contribution in [2.75, 3.05) is 25.4 Å². The molecule has 4 aromatic rings. The smallest absolute Gasteiger partial charge is 0.264 e. The highest BCUT2D eigenvalue weighted by atomic mass is 32.2. The fraction of sp³-hybridized carbons (Fsp3) is 0.333. The van der Waals surface area contributed by atoms with Gasteiger partial charge in [-0.3, -0.25) is 14.2 Å². The minimum absolute atomic E-state index is 0.0138. The minimum atomic E-state index is 0.0138. The van der Waals surface area contributed by atoms with E-state index < -0.39 is 0 Å². The highest BCUT2D eigenvalue weighted by Crippen LogP contribution is 2.29. The highest BCUT2D eigenvalue weighted by Gasteiger charge is 2.30. The number of carbonyl (C=O) groups excluding carboxylic acids is 2. The molecule has 1 aliphatic heterocycles. The zero-order valence-corrected chi connectivity index (χ0v) is 24.0. The van der Waals surface area contributed by atoms with Gasteiger partial charge in [0, 0.05) is 49.1 Å². The van der Waals surface area contributed by atoms with Crippen molar-refractivity contribution in [2.45, 2.75) is 44.3 Å². The van der Waals surface area contributed by atoms with E-state index in [2.05, 4.69) is 58.1 Å². The molecule has 0 N–H and O–H groups in total. The van der Waals surface area contributed by atoms with Crippen molar-refractivity contribution in [3.05, 3.63) is 82.6 Å². The first kappa shape index (κ1) is 27.1. The Kier molecular flexibility index (Phi) is 8.78. The molecule has 9 heteroatoms. The largest absolute Gasteiger partial charge is 0.339 e. The second-order valence-corrected chi connectivity index (χ2v) is 11.8. The van der Waals surface area contributed by atoms with Gasteiger partial charge in [-0.2, -0.15) is 0 Å². The van der Waals surface area contributed by atoms with Gasteiger partial charge in [0.2, 0.25) is 5.91 Å². The number of thiophene rings is 1. The number of amides is 2. The normalized spacial score (nSPS) is 15.5. The van der Waals surface area contributed by atoms with Crippen molar-refractivity contribution < 1.29 is 9.59 Å². The Morgan fingerprint density at radius 3 is 2.49 bits per heavy atom. The first-order valence-electron chi connectivity index (χ1n) is 13.3. The van der Waals surface area contributed by atoms with E-state index in [1.807, 2.05) is 52.4 Å². The zero-order valence-electron chi connectivity index (χ0n) is 22.3. The molecule has 0 radical (unpaired) electrons. The van der Waals surface area contributed by atoms with Gasteiger partial charge in [0.25, 0.3) is 5.91 Å². The van der Waals surface area contributed by atoms with Crippen LogP contribution in [0, 0.1) is 6.92 Å². The van der Waals surface area contributed by atoms with E-state index in [0.29, 0.717) is 26.1 Å². The van der Waals surface area contributed by atoms with Gasteiger partial charge >= 0.3 is 0 Å². The number of rotatable bonds is 9. The van der Waals surface area contributed by atoms with E-state index in [1.165, 1.54) is 16.9 Å². The molecule has 5 rings (SSSR count). The summed E-state index contributed by atoms with van der Waals surface area (Å²) in [5, 5.41) is 11.8. The van der Waals surface area contributed by atoms with Crippen LogP contribution in [0.3, 0.4) is 0 Å². The van der Waals surface area contributed by atoms with Gasteiger partial charge in [-0.25, -0.2) is 0 Å². The monoisotopic (exact) mass is 559 g/mol. The molecule has 39 heavy (non-hydrogen) atoms. The van der Waals surface area contributed by atoms with Gasteiger partial charge in [0.1, 0.15) is 0 Å². The van der Waals surface area contributed by atoms with Crippen LogP contribution < -0.4 is 0 Å². The molecule has 1 atom stereocenters. The summed E-state index contributed by atoms with van der Waals surface area (Å²) >= 11 is 3.14. The molecule has 0 spiro atoms. The molecule has 7 nitrogen and oxygen atoms in total. The SMILES string of the molecule is Cc1ccc(-c2nnc(SCCCCC(=O)N3CCN(C(=O)c4cccs4)C(C)C3)n2-c2ccccc2)cc1. The third-order valence-electron chi connectivity index (χ3n) is 6.95. The van der Waals surface area contributed by atoms with E-state index in [1.54, 1.807) is 11.8 Å². The zero-order chi connectivity index (χ0) is 27.2. The second kappa shape index (κ2) is 12.6. The first-order chi connectivity index (χ1) is 19.0. The number of para-hydroxylation sites is 1. The fourth-order valence-electron chi connectivity index (χ4n) is 4.79. The molecule has 2 aromatic carbocycles. The van der Waals surface area contributed by atoms with Gasteiger partial charge in [-0.05, 0) is 50.3 Å². The minimum Gasteiger partial charge on any atom is -0.339 e. The summed E-state index contributed by atoms with van der Waals surface area (Å²) in [6.45, 7) is 5.86. The highest BCUT2D eigenvalue weighted by molar-refractivity contribution is 7.99. The van der Waals surface area contributed by atoms with E-state index >= 15 is 0 Å². The standard InChI is InChI=1S/C30H33N5O2S2/c1-22-13-15-24(16-14-22)28-31-32-30(35(28)25-9-4-3-5-10-25)39-19-7-6-12-27(36)33-17-18-34(23(2)21-33)29(37)26-11-8-20-38-26/h3-5,8-11,13-16,20,23H,6-7,12,17-19,21H2,1-2H3. The maximum atomic E-state index is 12.9. The summed E-state index contributed by atoms with van der Waals surface area (Å²) < 4.78 is 2.11. The summed E-state index contributed by atoms with van der Waals surface area (Å²) in [7, 11) is 0. The molecule has 0 bridgehead atoms. The van der Waals surface area contributed by atoms with Gasteiger partial charge < -0.3 is 9.80 Å². The van der Waals surface area contributed by atoms with Crippen molar-refractivity contribution >= 4 is 34.9 Å². The number of hydrogen-bond donors (Lipinski definition) is 0. The number of aromatic nitrogens is 3. The van der Waals surface area contributed by atoms with Crippen molar-refractivity contribution in [3.63, 3.8) is 0 Å². The third-order valence-corrected chi connectivity index (χ3v) is 8.82. The van der Waals surface area contributed by atoms with Gasteiger partial charge in [-0.1, -0.05) is 65.9 Å². The number of thioether (sulfide) groups is 1. The number of piperazine rings is 1. The van der Waals surface area contributed by atoms with Crippen molar-refractivity contribution in [1.29, 1.82) is 0 Å². The van der Waals surface area contributed by atoms with Crippen LogP contribution in [0.25, 0.3) is 17.1 Å². The summed E-state index contributed by atoms with van der Waals surface area (Å²) in [6, 6.07) is 22.3. The average molecular weight is 560 g/mol. The summed E-state index contributed by atoms with van der Waals surface area (Å²) in [4.78, 5) is 30.2. The van der Waals surface area contributed by atoms with Crippen LogP contribution in [0.4, 0.5) is 0 Å². The Labute approximate surface area is 237 Å². The number of hydrogen-bond acceptors (Lipinski definition) is 6. The quantitative estimate of drug-likeness (QED) is 0.188. The van der Waals surface area contributed by atoms with E-state index in [0.717, 1.165) is 45.7 Å². The maximum Gasteiger partial charge on any atom is 0.264 e. The maximum absolute atomic E-state index is 12.9. The molecule has 0 aliphatic carbocycles. The number of nitrogens with zero attached hydrogens (tertiary/aromatic N) is 5. The van der Waals surface area contributed by atoms with Gasteiger partial charge in [-0.15, -0.1) is 21.5 Å². The fourth-order valence-corrected chi connectivity index (χ4v) is 6.42. The lowest BCUT2D eigenvalue weighted by Crippen LogP contribution is -2.55. The average Bonchev–Trinajstić information content (AvgIpc) is 3.64. The number of benzene rings is 2. The van der Waals surface area contributed by atoms with Crippen LogP contribution in [0.2, 0.25) is 0 Å². The van der Waals surface area contributed by atoms with Crippen LogP contribution in [-0.4, -0.2) is 67.8 Å². The topological polar surface area (TPSA) is 71.3 Å². The predicted octanol–water partition coefficient (Wildman–Crippen LogP) is 5.94. The summed E-state index contributed by atoms with van der Waals surface area (Å²) in [5.74, 6) is 1.91. The predicted molar refractivity (Wildman–Crippen MR) is 158 cm³/mol. The lowest BCUT2D eigenvalue weighted by molar-refractivity contribution is -0.133. The second-order valence-electron chi connectivity index (χ2n) is 9.81. The molecule has 1 fully saturated rings. The van der Waals surface area contributed by atoms with E-state index in [-0.39, 0.29) is 17.9 Å². The summed E-state index contributed by atoms with van der Waals surface area (Å²) in [5.41, 5.74) is 3.26.